The molecule has 0 atom stereocenters. The standard InChI is InChI=1S/C32H31NOS/c1-18(2)15-25-19(3)34-30-23(25)11-12-24-28-27(35-31(24)30)13-14-33-29(28)21-16-20-9-7-8-10-22(20)26(17-21)32(4,5)6/h7-14,16-18H,15H2,1-6H3. The summed E-state index contributed by atoms with van der Waals surface area (Å²) in [5.41, 5.74) is 5.98. The number of benzene rings is 3. The van der Waals surface area contributed by atoms with Crippen LogP contribution in [0.2, 0.25) is 0 Å². The molecule has 0 bridgehead atoms. The van der Waals surface area contributed by atoms with E-state index in [-0.39, 0.29) is 5.41 Å². The molecule has 3 heterocycles. The minimum Gasteiger partial charge on any atom is -0.460 e. The Labute approximate surface area is 210 Å². The van der Waals surface area contributed by atoms with Crippen LogP contribution in [0.4, 0.5) is 0 Å². The lowest BCUT2D eigenvalue weighted by atomic mass is 9.82. The quantitative estimate of drug-likeness (QED) is 0.253. The van der Waals surface area contributed by atoms with Gasteiger partial charge in [0.15, 0.2) is 5.58 Å². The second kappa shape index (κ2) is 7.93. The molecular formula is C32H31NOS. The van der Waals surface area contributed by atoms with Crippen molar-refractivity contribution in [2.75, 3.05) is 0 Å². The van der Waals surface area contributed by atoms with Crippen molar-refractivity contribution in [3.63, 3.8) is 0 Å². The monoisotopic (exact) mass is 477 g/mol. The number of rotatable bonds is 3. The van der Waals surface area contributed by atoms with E-state index < -0.39 is 0 Å². The molecular weight excluding hydrogens is 446 g/mol. The first-order valence-electron chi connectivity index (χ1n) is 12.5. The van der Waals surface area contributed by atoms with Gasteiger partial charge in [0.2, 0.25) is 0 Å². The van der Waals surface area contributed by atoms with Gasteiger partial charge in [-0.2, -0.15) is 0 Å². The zero-order valence-electron chi connectivity index (χ0n) is 21.3. The fourth-order valence-electron chi connectivity index (χ4n) is 5.45. The number of pyridine rings is 1. The zero-order chi connectivity index (χ0) is 24.5. The van der Waals surface area contributed by atoms with Gasteiger partial charge < -0.3 is 4.42 Å². The van der Waals surface area contributed by atoms with Crippen LogP contribution >= 0.6 is 11.3 Å². The van der Waals surface area contributed by atoms with Gasteiger partial charge in [0, 0.05) is 38.2 Å². The molecule has 0 saturated heterocycles. The number of hydrogen-bond donors (Lipinski definition) is 0. The topological polar surface area (TPSA) is 26.0 Å². The van der Waals surface area contributed by atoms with Crippen LogP contribution in [0.15, 0.2) is 65.2 Å². The molecule has 0 amide bonds. The van der Waals surface area contributed by atoms with Crippen molar-refractivity contribution in [1.29, 1.82) is 0 Å². The predicted octanol–water partition coefficient (Wildman–Crippen LogP) is 9.82. The number of aromatic nitrogens is 1. The molecule has 0 unspecified atom stereocenters. The Bertz CT molecular complexity index is 1740. The molecule has 0 saturated carbocycles. The summed E-state index contributed by atoms with van der Waals surface area (Å²) in [7, 11) is 0. The van der Waals surface area contributed by atoms with E-state index in [0.717, 1.165) is 23.5 Å². The Morgan fingerprint density at radius 1 is 0.943 bits per heavy atom. The van der Waals surface area contributed by atoms with Gasteiger partial charge in [-0.3, -0.25) is 4.98 Å². The van der Waals surface area contributed by atoms with Crippen molar-refractivity contribution in [1.82, 2.24) is 4.98 Å². The average molecular weight is 478 g/mol. The molecule has 35 heavy (non-hydrogen) atoms. The maximum Gasteiger partial charge on any atom is 0.152 e. The Morgan fingerprint density at radius 3 is 2.49 bits per heavy atom. The van der Waals surface area contributed by atoms with E-state index in [0.29, 0.717) is 5.92 Å². The van der Waals surface area contributed by atoms with Crippen LogP contribution in [0, 0.1) is 12.8 Å². The normalized spacial score (nSPS) is 12.7. The molecule has 3 aromatic heterocycles. The van der Waals surface area contributed by atoms with Crippen molar-refractivity contribution >= 4 is 53.3 Å². The molecule has 0 spiro atoms. The third-order valence-electron chi connectivity index (χ3n) is 7.07. The van der Waals surface area contributed by atoms with Crippen molar-refractivity contribution in [2.24, 2.45) is 5.92 Å². The number of fused-ring (bicyclic) bond motifs is 6. The third-order valence-corrected chi connectivity index (χ3v) is 8.24. The van der Waals surface area contributed by atoms with Crippen molar-refractivity contribution in [3.05, 3.63) is 77.7 Å². The SMILES string of the molecule is Cc1oc2c(ccc3c2sc2ccnc(-c4cc(C(C)(C)C)c5ccccc5c4)c23)c1CC(C)C. The number of thiophene rings is 1. The van der Waals surface area contributed by atoms with Crippen LogP contribution in [0.3, 0.4) is 0 Å². The molecule has 0 aliphatic carbocycles. The minimum absolute atomic E-state index is 0.0326. The molecule has 0 N–H and O–H groups in total. The Kier molecular flexibility index (Phi) is 5.05. The smallest absolute Gasteiger partial charge is 0.152 e. The van der Waals surface area contributed by atoms with E-state index in [1.165, 1.54) is 53.0 Å². The highest BCUT2D eigenvalue weighted by molar-refractivity contribution is 7.26. The summed E-state index contributed by atoms with van der Waals surface area (Å²) in [5.74, 6) is 1.63. The average Bonchev–Trinajstić information content (AvgIpc) is 3.35. The molecule has 2 nitrogen and oxygen atoms in total. The first-order chi connectivity index (χ1) is 16.7. The van der Waals surface area contributed by atoms with Gasteiger partial charge >= 0.3 is 0 Å². The number of nitrogens with zero attached hydrogens (tertiary/aromatic N) is 1. The molecule has 176 valence electrons. The number of hydrogen-bond acceptors (Lipinski definition) is 3. The van der Waals surface area contributed by atoms with Crippen LogP contribution in [-0.2, 0) is 11.8 Å². The maximum absolute atomic E-state index is 6.40. The fraction of sp³-hybridized carbons (Fsp3) is 0.281. The summed E-state index contributed by atoms with van der Waals surface area (Å²) in [6.45, 7) is 13.5. The number of aryl methyl sites for hydroxylation is 1. The Morgan fingerprint density at radius 2 is 1.71 bits per heavy atom. The first kappa shape index (κ1) is 22.3. The highest BCUT2D eigenvalue weighted by Gasteiger charge is 2.22. The van der Waals surface area contributed by atoms with E-state index in [1.807, 2.05) is 17.5 Å². The van der Waals surface area contributed by atoms with Crippen molar-refractivity contribution in [3.8, 4) is 11.3 Å². The van der Waals surface area contributed by atoms with Crippen LogP contribution in [0.1, 0.15) is 51.5 Å². The first-order valence-corrected chi connectivity index (χ1v) is 13.3. The summed E-state index contributed by atoms with van der Waals surface area (Å²) in [6.07, 6.45) is 2.99. The van der Waals surface area contributed by atoms with Gasteiger partial charge in [-0.1, -0.05) is 71.0 Å². The van der Waals surface area contributed by atoms with Crippen LogP contribution in [0.5, 0.6) is 0 Å². The van der Waals surface area contributed by atoms with Crippen LogP contribution in [0.25, 0.3) is 53.2 Å². The van der Waals surface area contributed by atoms with E-state index in [2.05, 4.69) is 96.1 Å². The van der Waals surface area contributed by atoms with Crippen molar-refractivity contribution in [2.45, 2.75) is 53.4 Å². The van der Waals surface area contributed by atoms with E-state index in [1.54, 1.807) is 0 Å². The summed E-state index contributed by atoms with van der Waals surface area (Å²) in [5, 5.41) is 6.29. The maximum atomic E-state index is 6.40. The minimum atomic E-state index is 0.0326. The second-order valence-corrected chi connectivity index (χ2v) is 12.2. The second-order valence-electron chi connectivity index (χ2n) is 11.2. The molecule has 3 aromatic carbocycles. The van der Waals surface area contributed by atoms with E-state index in [4.69, 9.17) is 9.40 Å². The lowest BCUT2D eigenvalue weighted by Crippen LogP contribution is -2.12. The predicted molar refractivity (Wildman–Crippen MR) is 152 cm³/mol. The van der Waals surface area contributed by atoms with Crippen molar-refractivity contribution < 1.29 is 4.42 Å². The largest absolute Gasteiger partial charge is 0.460 e. The molecule has 6 aromatic rings. The van der Waals surface area contributed by atoms with E-state index >= 15 is 0 Å². The molecule has 0 aliphatic rings. The summed E-state index contributed by atoms with van der Waals surface area (Å²) >= 11 is 1.82. The van der Waals surface area contributed by atoms with E-state index in [9.17, 15) is 0 Å². The Balaban J connectivity index is 1.66. The number of furan rings is 1. The van der Waals surface area contributed by atoms with Gasteiger partial charge in [-0.05, 0) is 59.2 Å². The summed E-state index contributed by atoms with van der Waals surface area (Å²) < 4.78 is 8.88. The molecule has 3 heteroatoms. The summed E-state index contributed by atoms with van der Waals surface area (Å²) in [4.78, 5) is 4.95. The Hall–Kier alpha value is -3.17. The molecule has 0 aliphatic heterocycles. The molecule has 0 radical (unpaired) electrons. The lowest BCUT2D eigenvalue weighted by molar-refractivity contribution is 0.562. The van der Waals surface area contributed by atoms with Gasteiger partial charge in [0.05, 0.1) is 10.4 Å². The third kappa shape index (κ3) is 3.56. The zero-order valence-corrected chi connectivity index (χ0v) is 22.1. The highest BCUT2D eigenvalue weighted by atomic mass is 32.1. The molecule has 0 fully saturated rings. The van der Waals surface area contributed by atoms with Gasteiger partial charge in [-0.25, -0.2) is 0 Å². The van der Waals surface area contributed by atoms with Gasteiger partial charge in [-0.15, -0.1) is 11.3 Å². The van der Waals surface area contributed by atoms with Gasteiger partial charge in [0.25, 0.3) is 0 Å². The van der Waals surface area contributed by atoms with Crippen LogP contribution < -0.4 is 0 Å². The molecule has 6 rings (SSSR count). The summed E-state index contributed by atoms with van der Waals surface area (Å²) in [6, 6.07) is 20.0. The highest BCUT2D eigenvalue weighted by Crippen LogP contribution is 2.45. The van der Waals surface area contributed by atoms with Crippen LogP contribution in [-0.4, -0.2) is 4.98 Å². The fourth-order valence-corrected chi connectivity index (χ4v) is 6.63. The lowest BCUT2D eigenvalue weighted by Gasteiger charge is -2.23. The van der Waals surface area contributed by atoms with Gasteiger partial charge in [0.1, 0.15) is 5.76 Å².